The van der Waals surface area contributed by atoms with Crippen LogP contribution in [-0.2, 0) is 6.42 Å². The van der Waals surface area contributed by atoms with Crippen LogP contribution in [0.5, 0.6) is 0 Å². The van der Waals surface area contributed by atoms with E-state index in [0.29, 0.717) is 12.1 Å². The van der Waals surface area contributed by atoms with Gasteiger partial charge in [0, 0.05) is 18.7 Å². The van der Waals surface area contributed by atoms with Crippen molar-refractivity contribution >= 4 is 0 Å². The van der Waals surface area contributed by atoms with E-state index in [4.69, 9.17) is 0 Å². The summed E-state index contributed by atoms with van der Waals surface area (Å²) in [7, 11) is 1.99. The van der Waals surface area contributed by atoms with E-state index >= 15 is 0 Å². The Hall–Kier alpha value is -0.830. The molecule has 1 heterocycles. The Morgan fingerprint density at radius 1 is 1.40 bits per heavy atom. The molecule has 3 heteroatoms. The molecule has 1 atom stereocenters. The Bertz CT molecular complexity index is 276. The standard InChI is InChI=1S/C12H23N3/c1-5-12(6-2)15-8-7-11(14-15)9-10(3)13-4/h7-8,10,12-13H,5-6,9H2,1-4H3. The SMILES string of the molecule is CCC(CC)n1ccc(CC(C)NC)n1. The van der Waals surface area contributed by atoms with E-state index in [1.165, 1.54) is 5.69 Å². The number of hydrogen-bond donors (Lipinski definition) is 1. The van der Waals surface area contributed by atoms with Gasteiger partial charge in [0.1, 0.15) is 0 Å². The van der Waals surface area contributed by atoms with E-state index in [0.717, 1.165) is 19.3 Å². The van der Waals surface area contributed by atoms with Crippen LogP contribution in [0.25, 0.3) is 0 Å². The van der Waals surface area contributed by atoms with Gasteiger partial charge in [-0.05, 0) is 32.9 Å². The molecule has 0 spiro atoms. The highest BCUT2D eigenvalue weighted by Crippen LogP contribution is 2.14. The monoisotopic (exact) mass is 209 g/mol. The summed E-state index contributed by atoms with van der Waals surface area (Å²) in [6.45, 7) is 6.60. The summed E-state index contributed by atoms with van der Waals surface area (Å²) in [6.07, 6.45) is 5.41. The zero-order chi connectivity index (χ0) is 11.3. The van der Waals surface area contributed by atoms with Crippen molar-refractivity contribution in [2.45, 2.75) is 52.1 Å². The van der Waals surface area contributed by atoms with Gasteiger partial charge in [0.05, 0.1) is 11.7 Å². The van der Waals surface area contributed by atoms with Gasteiger partial charge in [-0.15, -0.1) is 0 Å². The molecule has 0 fully saturated rings. The summed E-state index contributed by atoms with van der Waals surface area (Å²) >= 11 is 0. The molecule has 0 aliphatic rings. The zero-order valence-corrected chi connectivity index (χ0v) is 10.3. The molecule has 0 aliphatic heterocycles. The van der Waals surface area contributed by atoms with Gasteiger partial charge in [0.25, 0.3) is 0 Å². The van der Waals surface area contributed by atoms with Crippen molar-refractivity contribution < 1.29 is 0 Å². The van der Waals surface area contributed by atoms with Crippen molar-refractivity contribution in [1.29, 1.82) is 0 Å². The number of aromatic nitrogens is 2. The summed E-state index contributed by atoms with van der Waals surface area (Å²) in [5.74, 6) is 0. The van der Waals surface area contributed by atoms with Gasteiger partial charge in [-0.1, -0.05) is 13.8 Å². The van der Waals surface area contributed by atoms with Gasteiger partial charge in [0.2, 0.25) is 0 Å². The maximum atomic E-state index is 4.62. The second kappa shape index (κ2) is 5.91. The van der Waals surface area contributed by atoms with Crippen molar-refractivity contribution in [3.63, 3.8) is 0 Å². The fourth-order valence-electron chi connectivity index (χ4n) is 1.77. The van der Waals surface area contributed by atoms with Gasteiger partial charge in [-0.25, -0.2) is 0 Å². The molecule has 0 aromatic carbocycles. The van der Waals surface area contributed by atoms with E-state index in [2.05, 4.69) is 48.1 Å². The van der Waals surface area contributed by atoms with Crippen LogP contribution >= 0.6 is 0 Å². The average Bonchev–Trinajstić information content (AvgIpc) is 2.68. The van der Waals surface area contributed by atoms with Gasteiger partial charge in [0.15, 0.2) is 0 Å². The van der Waals surface area contributed by atoms with Crippen LogP contribution in [0.2, 0.25) is 0 Å². The van der Waals surface area contributed by atoms with E-state index in [-0.39, 0.29) is 0 Å². The molecule has 0 saturated heterocycles. The van der Waals surface area contributed by atoms with E-state index in [1.54, 1.807) is 0 Å². The van der Waals surface area contributed by atoms with Crippen LogP contribution in [0.3, 0.4) is 0 Å². The largest absolute Gasteiger partial charge is 0.317 e. The predicted molar refractivity (Wildman–Crippen MR) is 64.1 cm³/mol. The molecule has 1 N–H and O–H groups in total. The van der Waals surface area contributed by atoms with Gasteiger partial charge >= 0.3 is 0 Å². The number of rotatable bonds is 6. The van der Waals surface area contributed by atoms with Crippen LogP contribution in [-0.4, -0.2) is 22.9 Å². The Kier molecular flexibility index (Phi) is 4.82. The highest BCUT2D eigenvalue weighted by atomic mass is 15.3. The van der Waals surface area contributed by atoms with Gasteiger partial charge < -0.3 is 5.32 Å². The van der Waals surface area contributed by atoms with Crippen LogP contribution in [0.4, 0.5) is 0 Å². The van der Waals surface area contributed by atoms with Crippen molar-refractivity contribution in [3.05, 3.63) is 18.0 Å². The summed E-state index contributed by atoms with van der Waals surface area (Å²) in [5, 5.41) is 7.85. The molecular formula is C12H23N3. The minimum absolute atomic E-state index is 0.495. The molecule has 1 rings (SSSR count). The Balaban J connectivity index is 2.63. The fraction of sp³-hybridized carbons (Fsp3) is 0.750. The summed E-state index contributed by atoms with van der Waals surface area (Å²) in [4.78, 5) is 0. The lowest BCUT2D eigenvalue weighted by molar-refractivity contribution is 0.423. The normalized spacial score (nSPS) is 13.4. The molecule has 86 valence electrons. The van der Waals surface area contributed by atoms with Crippen LogP contribution in [0.15, 0.2) is 12.3 Å². The first-order valence-corrected chi connectivity index (χ1v) is 5.92. The highest BCUT2D eigenvalue weighted by Gasteiger charge is 2.09. The molecule has 0 amide bonds. The quantitative estimate of drug-likeness (QED) is 0.779. The van der Waals surface area contributed by atoms with E-state index < -0.39 is 0 Å². The lowest BCUT2D eigenvalue weighted by Gasteiger charge is -2.13. The second-order valence-electron chi connectivity index (χ2n) is 4.15. The zero-order valence-electron chi connectivity index (χ0n) is 10.3. The summed E-state index contributed by atoms with van der Waals surface area (Å²) < 4.78 is 2.11. The first-order valence-electron chi connectivity index (χ1n) is 5.92. The third-order valence-electron chi connectivity index (χ3n) is 2.99. The number of likely N-dealkylation sites (N-methyl/N-ethyl adjacent to an activating group) is 1. The smallest absolute Gasteiger partial charge is 0.0640 e. The molecule has 0 aliphatic carbocycles. The molecule has 0 radical (unpaired) electrons. The Morgan fingerprint density at radius 2 is 2.07 bits per heavy atom. The molecule has 1 aromatic heterocycles. The van der Waals surface area contributed by atoms with Crippen molar-refractivity contribution in [3.8, 4) is 0 Å². The maximum absolute atomic E-state index is 4.62. The van der Waals surface area contributed by atoms with Crippen molar-refractivity contribution in [2.75, 3.05) is 7.05 Å². The minimum atomic E-state index is 0.495. The number of nitrogens with zero attached hydrogens (tertiary/aromatic N) is 2. The topological polar surface area (TPSA) is 29.9 Å². The lowest BCUT2D eigenvalue weighted by Crippen LogP contribution is -2.23. The third kappa shape index (κ3) is 3.34. The van der Waals surface area contributed by atoms with Crippen LogP contribution in [0.1, 0.15) is 45.3 Å². The van der Waals surface area contributed by atoms with E-state index in [1.807, 2.05) is 7.05 Å². The number of hydrogen-bond acceptors (Lipinski definition) is 2. The van der Waals surface area contributed by atoms with Crippen LogP contribution in [0, 0.1) is 0 Å². The predicted octanol–water partition coefficient (Wildman–Crippen LogP) is 2.39. The minimum Gasteiger partial charge on any atom is -0.317 e. The van der Waals surface area contributed by atoms with Gasteiger partial charge in [-0.3, -0.25) is 4.68 Å². The van der Waals surface area contributed by atoms with Crippen molar-refractivity contribution in [1.82, 2.24) is 15.1 Å². The van der Waals surface area contributed by atoms with Gasteiger partial charge in [-0.2, -0.15) is 5.10 Å². The molecule has 15 heavy (non-hydrogen) atoms. The summed E-state index contributed by atoms with van der Waals surface area (Å²) in [5.41, 5.74) is 1.18. The molecule has 0 bridgehead atoms. The number of nitrogens with one attached hydrogen (secondary N) is 1. The molecular weight excluding hydrogens is 186 g/mol. The first-order chi connectivity index (χ1) is 7.21. The molecule has 3 nitrogen and oxygen atoms in total. The third-order valence-corrected chi connectivity index (χ3v) is 2.99. The first kappa shape index (κ1) is 12.2. The summed E-state index contributed by atoms with van der Waals surface area (Å²) in [6, 6.07) is 3.19. The fourth-order valence-corrected chi connectivity index (χ4v) is 1.77. The van der Waals surface area contributed by atoms with Crippen LogP contribution < -0.4 is 5.32 Å². The van der Waals surface area contributed by atoms with Crippen molar-refractivity contribution in [2.24, 2.45) is 0 Å². The Labute approximate surface area is 92.9 Å². The highest BCUT2D eigenvalue weighted by molar-refractivity contribution is 5.01. The van der Waals surface area contributed by atoms with E-state index in [9.17, 15) is 0 Å². The molecule has 1 aromatic rings. The second-order valence-corrected chi connectivity index (χ2v) is 4.15. The molecule has 0 saturated carbocycles. The Morgan fingerprint density at radius 3 is 2.60 bits per heavy atom. The molecule has 1 unspecified atom stereocenters. The average molecular weight is 209 g/mol. The maximum Gasteiger partial charge on any atom is 0.0640 e. The lowest BCUT2D eigenvalue weighted by atomic mass is 10.2.